The molecule has 0 aliphatic carbocycles. The number of hydrogen-bond donors (Lipinski definition) is 0. The molecule has 1 rings (SSSR count). The summed E-state index contributed by atoms with van der Waals surface area (Å²) >= 11 is 5.53. The average Bonchev–Trinajstić information content (AvgIpc) is 2.03. The van der Waals surface area contributed by atoms with Crippen LogP contribution in [0.15, 0.2) is 0 Å². The highest BCUT2D eigenvalue weighted by molar-refractivity contribution is 7.91. The van der Waals surface area contributed by atoms with E-state index < -0.39 is 9.84 Å². The molecule has 1 aliphatic rings. The standard InChI is InChI=1S/C7H14ClNO2S.ClH/c8-2-1-3-9-4-6-12(10,11)7-5-9;/h1-7H2;1H. The van der Waals surface area contributed by atoms with Crippen molar-refractivity contribution in [2.45, 2.75) is 6.42 Å². The van der Waals surface area contributed by atoms with Gasteiger partial charge in [0.15, 0.2) is 9.84 Å². The Hall–Kier alpha value is 0.490. The lowest BCUT2D eigenvalue weighted by Gasteiger charge is -2.25. The van der Waals surface area contributed by atoms with Gasteiger partial charge in [0.1, 0.15) is 0 Å². The van der Waals surface area contributed by atoms with Gasteiger partial charge in [-0.05, 0) is 13.0 Å². The number of nitrogens with zero attached hydrogens (tertiary/aromatic N) is 1. The quantitative estimate of drug-likeness (QED) is 0.692. The SMILES string of the molecule is Cl.O=S1(=O)CCN(CCCCl)CC1. The van der Waals surface area contributed by atoms with Crippen molar-refractivity contribution >= 4 is 33.8 Å². The molecule has 1 saturated heterocycles. The molecule has 1 aliphatic heterocycles. The minimum absolute atomic E-state index is 0. The maximum absolute atomic E-state index is 11.0. The molecule has 80 valence electrons. The molecule has 0 atom stereocenters. The molecule has 0 bridgehead atoms. The molecule has 1 fully saturated rings. The maximum Gasteiger partial charge on any atom is 0.152 e. The van der Waals surface area contributed by atoms with E-state index in [0.29, 0.717) is 30.5 Å². The Kier molecular flexibility index (Phi) is 6.29. The van der Waals surface area contributed by atoms with Crippen molar-refractivity contribution in [3.8, 4) is 0 Å². The number of sulfone groups is 1. The fourth-order valence-electron chi connectivity index (χ4n) is 1.26. The van der Waals surface area contributed by atoms with Crippen molar-refractivity contribution in [1.29, 1.82) is 0 Å². The average molecular weight is 248 g/mol. The van der Waals surface area contributed by atoms with Crippen LogP contribution < -0.4 is 0 Å². The Bertz CT molecular complexity index is 217. The summed E-state index contributed by atoms with van der Waals surface area (Å²) in [5.74, 6) is 1.29. The van der Waals surface area contributed by atoms with Gasteiger partial charge in [-0.15, -0.1) is 24.0 Å². The number of halogens is 2. The van der Waals surface area contributed by atoms with E-state index in [2.05, 4.69) is 4.90 Å². The van der Waals surface area contributed by atoms with Gasteiger partial charge in [0.05, 0.1) is 11.5 Å². The van der Waals surface area contributed by atoms with E-state index >= 15 is 0 Å². The molecule has 0 saturated carbocycles. The van der Waals surface area contributed by atoms with Crippen LogP contribution in [0.2, 0.25) is 0 Å². The van der Waals surface area contributed by atoms with Crippen LogP contribution in [0, 0.1) is 0 Å². The normalized spacial score (nSPS) is 22.2. The predicted molar refractivity (Wildman–Crippen MR) is 57.7 cm³/mol. The van der Waals surface area contributed by atoms with E-state index in [9.17, 15) is 8.42 Å². The van der Waals surface area contributed by atoms with Gasteiger partial charge in [-0.25, -0.2) is 8.42 Å². The van der Waals surface area contributed by atoms with Crippen LogP contribution in [0.5, 0.6) is 0 Å². The fraction of sp³-hybridized carbons (Fsp3) is 1.00. The summed E-state index contributed by atoms with van der Waals surface area (Å²) < 4.78 is 22.0. The van der Waals surface area contributed by atoms with Crippen LogP contribution in [0.25, 0.3) is 0 Å². The molecule has 0 aromatic carbocycles. The van der Waals surface area contributed by atoms with Crippen LogP contribution in [0.1, 0.15) is 6.42 Å². The third kappa shape index (κ3) is 5.05. The highest BCUT2D eigenvalue weighted by Crippen LogP contribution is 2.04. The molecule has 3 nitrogen and oxygen atoms in total. The lowest BCUT2D eigenvalue weighted by Crippen LogP contribution is -2.40. The third-order valence-corrected chi connectivity index (χ3v) is 3.92. The summed E-state index contributed by atoms with van der Waals surface area (Å²) in [7, 11) is -2.72. The Morgan fingerprint density at radius 2 is 1.77 bits per heavy atom. The second kappa shape index (κ2) is 6.06. The summed E-state index contributed by atoms with van der Waals surface area (Å²) in [5, 5.41) is 0. The molecule has 6 heteroatoms. The third-order valence-electron chi connectivity index (χ3n) is 2.05. The van der Waals surface area contributed by atoms with E-state index in [4.69, 9.17) is 11.6 Å². The zero-order valence-electron chi connectivity index (χ0n) is 7.41. The second-order valence-corrected chi connectivity index (χ2v) is 5.72. The minimum atomic E-state index is -2.72. The zero-order chi connectivity index (χ0) is 9.03. The van der Waals surface area contributed by atoms with Crippen LogP contribution in [0.4, 0.5) is 0 Å². The van der Waals surface area contributed by atoms with Crippen molar-refractivity contribution in [2.75, 3.05) is 37.0 Å². The highest BCUT2D eigenvalue weighted by Gasteiger charge is 2.20. The van der Waals surface area contributed by atoms with Gasteiger partial charge in [-0.2, -0.15) is 0 Å². The first-order valence-electron chi connectivity index (χ1n) is 4.13. The topological polar surface area (TPSA) is 37.4 Å². The van der Waals surface area contributed by atoms with Gasteiger partial charge < -0.3 is 4.90 Å². The van der Waals surface area contributed by atoms with Crippen LogP contribution >= 0.6 is 24.0 Å². The van der Waals surface area contributed by atoms with E-state index in [0.717, 1.165) is 13.0 Å². The van der Waals surface area contributed by atoms with E-state index in [1.165, 1.54) is 0 Å². The van der Waals surface area contributed by atoms with Crippen molar-refractivity contribution in [1.82, 2.24) is 4.90 Å². The maximum atomic E-state index is 11.0. The van der Waals surface area contributed by atoms with Gasteiger partial charge in [0, 0.05) is 19.0 Å². The molecule has 0 amide bonds. The highest BCUT2D eigenvalue weighted by atomic mass is 35.5. The van der Waals surface area contributed by atoms with E-state index in [-0.39, 0.29) is 12.4 Å². The summed E-state index contributed by atoms with van der Waals surface area (Å²) in [6, 6.07) is 0. The van der Waals surface area contributed by atoms with Crippen molar-refractivity contribution in [2.24, 2.45) is 0 Å². The molecule has 0 N–H and O–H groups in total. The zero-order valence-corrected chi connectivity index (χ0v) is 9.80. The Morgan fingerprint density at radius 1 is 1.23 bits per heavy atom. The molecule has 0 spiro atoms. The molecule has 0 unspecified atom stereocenters. The molecular formula is C7H15Cl2NO2S. The van der Waals surface area contributed by atoms with E-state index in [1.54, 1.807) is 0 Å². The second-order valence-electron chi connectivity index (χ2n) is 3.04. The largest absolute Gasteiger partial charge is 0.301 e. The van der Waals surface area contributed by atoms with Crippen LogP contribution in [-0.2, 0) is 9.84 Å². The summed E-state index contributed by atoms with van der Waals surface area (Å²) in [6.07, 6.45) is 0.946. The number of rotatable bonds is 3. The predicted octanol–water partition coefficient (Wildman–Crippen LogP) is 0.768. The van der Waals surface area contributed by atoms with Gasteiger partial charge >= 0.3 is 0 Å². The lowest BCUT2D eigenvalue weighted by atomic mass is 10.4. The van der Waals surface area contributed by atoms with Gasteiger partial charge in [0.25, 0.3) is 0 Å². The van der Waals surface area contributed by atoms with E-state index in [1.807, 2.05) is 0 Å². The smallest absolute Gasteiger partial charge is 0.152 e. The summed E-state index contributed by atoms with van der Waals surface area (Å²) in [4.78, 5) is 2.16. The Labute approximate surface area is 90.8 Å². The van der Waals surface area contributed by atoms with Gasteiger partial charge in [-0.1, -0.05) is 0 Å². The Balaban J connectivity index is 0.00000144. The first-order chi connectivity index (χ1) is 5.64. The van der Waals surface area contributed by atoms with Crippen LogP contribution in [0.3, 0.4) is 0 Å². The van der Waals surface area contributed by atoms with Crippen molar-refractivity contribution in [3.63, 3.8) is 0 Å². The monoisotopic (exact) mass is 247 g/mol. The first kappa shape index (κ1) is 13.5. The molecule has 0 aromatic rings. The molecule has 0 radical (unpaired) electrons. The number of alkyl halides is 1. The Morgan fingerprint density at radius 3 is 2.23 bits per heavy atom. The number of hydrogen-bond acceptors (Lipinski definition) is 3. The van der Waals surface area contributed by atoms with Crippen molar-refractivity contribution in [3.05, 3.63) is 0 Å². The molecular weight excluding hydrogens is 233 g/mol. The molecule has 1 heterocycles. The first-order valence-corrected chi connectivity index (χ1v) is 6.48. The fourth-order valence-corrected chi connectivity index (χ4v) is 2.65. The lowest BCUT2D eigenvalue weighted by molar-refractivity contribution is 0.297. The van der Waals surface area contributed by atoms with Gasteiger partial charge in [0.2, 0.25) is 0 Å². The van der Waals surface area contributed by atoms with Gasteiger partial charge in [-0.3, -0.25) is 0 Å². The molecule has 0 aromatic heterocycles. The molecule has 13 heavy (non-hydrogen) atoms. The summed E-state index contributed by atoms with van der Waals surface area (Å²) in [6.45, 7) is 2.29. The van der Waals surface area contributed by atoms with Crippen molar-refractivity contribution < 1.29 is 8.42 Å². The summed E-state index contributed by atoms with van der Waals surface area (Å²) in [5.41, 5.74) is 0. The minimum Gasteiger partial charge on any atom is -0.301 e. The van der Waals surface area contributed by atoms with Crippen LogP contribution in [-0.4, -0.2) is 50.3 Å².